The molecule has 2 aliphatic rings. The number of methoxy groups -OCH3 is 2. The lowest BCUT2D eigenvalue weighted by Gasteiger charge is -2.38. The van der Waals surface area contributed by atoms with Crippen molar-refractivity contribution in [3.05, 3.63) is 29.8 Å². The fourth-order valence-corrected chi connectivity index (χ4v) is 3.64. The fourth-order valence-electron chi connectivity index (χ4n) is 3.64. The van der Waals surface area contributed by atoms with Crippen LogP contribution in [0.4, 0.5) is 0 Å². The molecule has 0 bridgehead atoms. The van der Waals surface area contributed by atoms with Crippen molar-refractivity contribution in [1.82, 2.24) is 4.90 Å². The second-order valence-corrected chi connectivity index (χ2v) is 6.61. The summed E-state index contributed by atoms with van der Waals surface area (Å²) in [6, 6.07) is 7.33. The molecule has 1 amide bonds. The summed E-state index contributed by atoms with van der Waals surface area (Å²) in [5.41, 5.74) is 0.960. The Morgan fingerprint density at radius 2 is 1.96 bits per heavy atom. The predicted molar refractivity (Wildman–Crippen MR) is 86.8 cm³/mol. The monoisotopic (exact) mass is 319 g/mol. The first-order valence-corrected chi connectivity index (χ1v) is 8.20. The Labute approximate surface area is 137 Å². The van der Waals surface area contributed by atoms with Gasteiger partial charge in [0, 0.05) is 25.8 Å². The molecule has 126 valence electrons. The van der Waals surface area contributed by atoms with E-state index in [1.165, 1.54) is 0 Å². The highest BCUT2D eigenvalue weighted by molar-refractivity contribution is 5.94. The molecular formula is C18H25NO4. The van der Waals surface area contributed by atoms with E-state index in [1.54, 1.807) is 14.2 Å². The summed E-state index contributed by atoms with van der Waals surface area (Å²) < 4.78 is 16.2. The van der Waals surface area contributed by atoms with Crippen LogP contribution in [0.25, 0.3) is 0 Å². The third-order valence-corrected chi connectivity index (χ3v) is 5.09. The SMILES string of the molecule is COCC1CC2(CCN(C(=O)c3ccc(OC)cc3)CC2)CO1. The van der Waals surface area contributed by atoms with Gasteiger partial charge < -0.3 is 19.1 Å². The first-order valence-electron chi connectivity index (χ1n) is 8.20. The largest absolute Gasteiger partial charge is 0.497 e. The Balaban J connectivity index is 1.57. The Morgan fingerprint density at radius 3 is 2.57 bits per heavy atom. The third kappa shape index (κ3) is 3.51. The van der Waals surface area contributed by atoms with E-state index in [0.717, 1.165) is 50.3 Å². The van der Waals surface area contributed by atoms with Gasteiger partial charge in [0.2, 0.25) is 0 Å². The van der Waals surface area contributed by atoms with Gasteiger partial charge in [-0.15, -0.1) is 0 Å². The maximum atomic E-state index is 12.6. The van der Waals surface area contributed by atoms with E-state index in [2.05, 4.69) is 0 Å². The van der Waals surface area contributed by atoms with Crippen LogP contribution in [0.2, 0.25) is 0 Å². The number of piperidine rings is 1. The molecule has 2 heterocycles. The van der Waals surface area contributed by atoms with E-state index in [4.69, 9.17) is 14.2 Å². The number of ether oxygens (including phenoxy) is 3. The van der Waals surface area contributed by atoms with Crippen LogP contribution < -0.4 is 4.74 Å². The number of amides is 1. The van der Waals surface area contributed by atoms with Gasteiger partial charge in [0.25, 0.3) is 5.91 Å². The smallest absolute Gasteiger partial charge is 0.253 e. The summed E-state index contributed by atoms with van der Waals surface area (Å²) in [6.07, 6.45) is 3.28. The summed E-state index contributed by atoms with van der Waals surface area (Å²) in [4.78, 5) is 14.6. The standard InChI is InChI=1S/C18H25NO4/c1-21-12-16-11-18(13-23-16)7-9-19(10-8-18)17(20)14-3-5-15(22-2)6-4-14/h3-6,16H,7-13H2,1-2H3. The van der Waals surface area contributed by atoms with Crippen LogP contribution in [0.15, 0.2) is 24.3 Å². The molecule has 0 saturated carbocycles. The lowest BCUT2D eigenvalue weighted by Crippen LogP contribution is -2.43. The molecule has 2 saturated heterocycles. The number of rotatable bonds is 4. The maximum Gasteiger partial charge on any atom is 0.253 e. The van der Waals surface area contributed by atoms with Crippen LogP contribution in [0.3, 0.4) is 0 Å². The quantitative estimate of drug-likeness (QED) is 0.855. The normalized spacial score (nSPS) is 23.2. The summed E-state index contributed by atoms with van der Waals surface area (Å²) in [7, 11) is 3.34. The molecular weight excluding hydrogens is 294 g/mol. The van der Waals surface area contributed by atoms with Crippen molar-refractivity contribution in [1.29, 1.82) is 0 Å². The van der Waals surface area contributed by atoms with Crippen molar-refractivity contribution in [3.63, 3.8) is 0 Å². The summed E-state index contributed by atoms with van der Waals surface area (Å²) in [5.74, 6) is 0.876. The van der Waals surface area contributed by atoms with E-state index in [9.17, 15) is 4.79 Å². The average Bonchev–Trinajstić information content (AvgIpc) is 2.98. The Bertz CT molecular complexity index is 534. The minimum absolute atomic E-state index is 0.106. The fraction of sp³-hybridized carbons (Fsp3) is 0.611. The van der Waals surface area contributed by atoms with Gasteiger partial charge in [-0.2, -0.15) is 0 Å². The molecule has 1 unspecified atom stereocenters. The van der Waals surface area contributed by atoms with Gasteiger partial charge in [0.1, 0.15) is 5.75 Å². The van der Waals surface area contributed by atoms with E-state index < -0.39 is 0 Å². The number of likely N-dealkylation sites (tertiary alicyclic amines) is 1. The molecule has 2 aliphatic heterocycles. The Hall–Kier alpha value is -1.59. The molecule has 0 radical (unpaired) electrons. The van der Waals surface area contributed by atoms with Crippen molar-refractivity contribution in [2.45, 2.75) is 25.4 Å². The minimum Gasteiger partial charge on any atom is -0.497 e. The second kappa shape index (κ2) is 6.89. The second-order valence-electron chi connectivity index (χ2n) is 6.61. The molecule has 0 aliphatic carbocycles. The van der Waals surface area contributed by atoms with Crippen molar-refractivity contribution < 1.29 is 19.0 Å². The lowest BCUT2D eigenvalue weighted by atomic mass is 9.76. The molecule has 23 heavy (non-hydrogen) atoms. The topological polar surface area (TPSA) is 48.0 Å². The van der Waals surface area contributed by atoms with Gasteiger partial charge >= 0.3 is 0 Å². The van der Waals surface area contributed by atoms with E-state index in [1.807, 2.05) is 29.2 Å². The number of nitrogens with zero attached hydrogens (tertiary/aromatic N) is 1. The van der Waals surface area contributed by atoms with Crippen molar-refractivity contribution >= 4 is 5.91 Å². The number of benzene rings is 1. The molecule has 2 fully saturated rings. The van der Waals surface area contributed by atoms with Crippen LogP contribution in [0.5, 0.6) is 5.75 Å². The molecule has 3 rings (SSSR count). The first kappa shape index (κ1) is 16.3. The van der Waals surface area contributed by atoms with Crippen molar-refractivity contribution in [3.8, 4) is 5.75 Å². The lowest BCUT2D eigenvalue weighted by molar-refractivity contribution is 0.0281. The maximum absolute atomic E-state index is 12.6. The van der Waals surface area contributed by atoms with Crippen molar-refractivity contribution in [2.75, 3.05) is 40.5 Å². The van der Waals surface area contributed by atoms with Crippen LogP contribution in [0, 0.1) is 5.41 Å². The van der Waals surface area contributed by atoms with E-state index >= 15 is 0 Å². The van der Waals surface area contributed by atoms with Crippen LogP contribution in [0.1, 0.15) is 29.6 Å². The first-order chi connectivity index (χ1) is 11.2. The Kier molecular flexibility index (Phi) is 4.87. The zero-order valence-corrected chi connectivity index (χ0v) is 13.9. The predicted octanol–water partition coefficient (Wildman–Crippen LogP) is 2.35. The molecule has 1 aromatic rings. The Morgan fingerprint density at radius 1 is 1.26 bits per heavy atom. The van der Waals surface area contributed by atoms with Gasteiger partial charge in [0.15, 0.2) is 0 Å². The molecule has 5 heteroatoms. The van der Waals surface area contributed by atoms with Crippen LogP contribution in [-0.2, 0) is 9.47 Å². The number of carbonyl (C=O) groups is 1. The summed E-state index contributed by atoms with van der Waals surface area (Å²) in [5, 5.41) is 0. The zero-order valence-electron chi connectivity index (χ0n) is 13.9. The van der Waals surface area contributed by atoms with Gasteiger partial charge in [-0.1, -0.05) is 0 Å². The highest BCUT2D eigenvalue weighted by Crippen LogP contribution is 2.42. The molecule has 5 nitrogen and oxygen atoms in total. The molecule has 1 aromatic carbocycles. The number of hydrogen-bond acceptors (Lipinski definition) is 4. The highest BCUT2D eigenvalue weighted by atomic mass is 16.5. The van der Waals surface area contributed by atoms with E-state index in [0.29, 0.717) is 6.61 Å². The van der Waals surface area contributed by atoms with Gasteiger partial charge in [-0.25, -0.2) is 0 Å². The van der Waals surface area contributed by atoms with Gasteiger partial charge in [-0.3, -0.25) is 4.79 Å². The zero-order chi connectivity index (χ0) is 16.3. The molecule has 1 atom stereocenters. The summed E-state index contributed by atoms with van der Waals surface area (Å²) >= 11 is 0. The minimum atomic E-state index is 0.106. The van der Waals surface area contributed by atoms with Crippen LogP contribution >= 0.6 is 0 Å². The number of hydrogen-bond donors (Lipinski definition) is 0. The van der Waals surface area contributed by atoms with Gasteiger partial charge in [0.05, 0.1) is 26.4 Å². The number of carbonyl (C=O) groups excluding carboxylic acids is 1. The average molecular weight is 319 g/mol. The molecule has 0 aromatic heterocycles. The molecule has 1 spiro atoms. The highest BCUT2D eigenvalue weighted by Gasteiger charge is 2.43. The van der Waals surface area contributed by atoms with E-state index in [-0.39, 0.29) is 17.4 Å². The van der Waals surface area contributed by atoms with Crippen LogP contribution in [-0.4, -0.2) is 57.4 Å². The third-order valence-electron chi connectivity index (χ3n) is 5.09. The summed E-state index contributed by atoms with van der Waals surface area (Å²) in [6.45, 7) is 3.06. The van der Waals surface area contributed by atoms with Gasteiger partial charge in [-0.05, 0) is 48.9 Å². The van der Waals surface area contributed by atoms with Crippen molar-refractivity contribution in [2.24, 2.45) is 5.41 Å². The molecule has 0 N–H and O–H groups in total.